The van der Waals surface area contributed by atoms with Crippen molar-refractivity contribution in [3.05, 3.63) is 119 Å². The second-order valence-corrected chi connectivity index (χ2v) is 10.4. The number of amides is 2. The van der Waals surface area contributed by atoms with Gasteiger partial charge in [0.2, 0.25) is 0 Å². The van der Waals surface area contributed by atoms with E-state index in [1.807, 2.05) is 67.6 Å². The minimum absolute atomic E-state index is 0.189. The summed E-state index contributed by atoms with van der Waals surface area (Å²) in [5, 5.41) is 6.63. The zero-order valence-electron chi connectivity index (χ0n) is 23.1. The lowest BCUT2D eigenvalue weighted by Gasteiger charge is -2.38. The van der Waals surface area contributed by atoms with Crippen LogP contribution in [0.4, 0.5) is 17.1 Å². The van der Waals surface area contributed by atoms with Crippen molar-refractivity contribution in [1.82, 2.24) is 5.32 Å². The van der Waals surface area contributed by atoms with Crippen LogP contribution in [0, 0.1) is 0 Å². The first-order valence-electron chi connectivity index (χ1n) is 13.6. The molecule has 5 rings (SSSR count). The predicted octanol–water partition coefficient (Wildman–Crippen LogP) is 6.42. The third-order valence-corrected chi connectivity index (χ3v) is 7.55. The van der Waals surface area contributed by atoms with Gasteiger partial charge in [0.1, 0.15) is 5.75 Å². The molecule has 7 nitrogen and oxygen atoms in total. The molecule has 1 aliphatic heterocycles. The van der Waals surface area contributed by atoms with E-state index >= 15 is 0 Å². The van der Waals surface area contributed by atoms with Crippen molar-refractivity contribution in [1.29, 1.82) is 0 Å². The molecular formula is C33H33ClN4O3. The summed E-state index contributed by atoms with van der Waals surface area (Å²) in [6.07, 6.45) is 0. The minimum atomic E-state index is -0.274. The SMILES string of the molecule is COc1ccccc1N1CCN(c2ccc(NC(=O)c3ccc(Cl)cc3)cc2C(=O)NC(C)c2ccccc2)CC1. The molecule has 0 spiro atoms. The fourth-order valence-electron chi connectivity index (χ4n) is 5.05. The average Bonchev–Trinajstić information content (AvgIpc) is 3.01. The van der Waals surface area contributed by atoms with Gasteiger partial charge in [-0.3, -0.25) is 9.59 Å². The monoisotopic (exact) mass is 568 g/mol. The zero-order valence-corrected chi connectivity index (χ0v) is 23.9. The molecule has 1 heterocycles. The lowest BCUT2D eigenvalue weighted by molar-refractivity contribution is 0.0939. The molecule has 1 fully saturated rings. The fraction of sp³-hybridized carbons (Fsp3) is 0.212. The molecule has 0 aromatic heterocycles. The number of para-hydroxylation sites is 2. The highest BCUT2D eigenvalue weighted by Crippen LogP contribution is 2.31. The largest absolute Gasteiger partial charge is 0.495 e. The molecule has 1 saturated heterocycles. The van der Waals surface area contributed by atoms with Crippen LogP contribution in [0.3, 0.4) is 0 Å². The second kappa shape index (κ2) is 12.8. The quantitative estimate of drug-likeness (QED) is 0.257. The maximum Gasteiger partial charge on any atom is 0.255 e. The summed E-state index contributed by atoms with van der Waals surface area (Å²) < 4.78 is 5.57. The minimum Gasteiger partial charge on any atom is -0.495 e. The maximum atomic E-state index is 13.7. The van der Waals surface area contributed by atoms with Crippen molar-refractivity contribution in [2.45, 2.75) is 13.0 Å². The molecule has 1 unspecified atom stereocenters. The lowest BCUT2D eigenvalue weighted by atomic mass is 10.1. The van der Waals surface area contributed by atoms with Gasteiger partial charge in [0.15, 0.2) is 0 Å². The number of nitrogens with one attached hydrogen (secondary N) is 2. The summed E-state index contributed by atoms with van der Waals surface area (Å²) >= 11 is 5.98. The summed E-state index contributed by atoms with van der Waals surface area (Å²) in [7, 11) is 1.68. The Morgan fingerprint density at radius 3 is 2.10 bits per heavy atom. The number of piperazine rings is 1. The second-order valence-electron chi connectivity index (χ2n) is 9.94. The van der Waals surface area contributed by atoms with E-state index in [1.54, 1.807) is 37.4 Å². The number of benzene rings is 4. The van der Waals surface area contributed by atoms with Crippen LogP contribution in [0.2, 0.25) is 5.02 Å². The van der Waals surface area contributed by atoms with Crippen LogP contribution in [-0.4, -0.2) is 45.1 Å². The number of hydrogen-bond donors (Lipinski definition) is 2. The van der Waals surface area contributed by atoms with Gasteiger partial charge in [-0.25, -0.2) is 0 Å². The van der Waals surface area contributed by atoms with E-state index in [0.29, 0.717) is 21.8 Å². The summed E-state index contributed by atoms with van der Waals surface area (Å²) in [6.45, 7) is 4.96. The molecule has 210 valence electrons. The van der Waals surface area contributed by atoms with Gasteiger partial charge in [-0.15, -0.1) is 0 Å². The normalized spacial score (nSPS) is 13.8. The Balaban J connectivity index is 1.38. The Bertz CT molecular complexity index is 1500. The van der Waals surface area contributed by atoms with Crippen molar-refractivity contribution in [2.75, 3.05) is 48.4 Å². The number of carbonyl (C=O) groups excluding carboxylic acids is 2. The van der Waals surface area contributed by atoms with Crippen LogP contribution in [0.15, 0.2) is 97.1 Å². The van der Waals surface area contributed by atoms with Crippen LogP contribution in [0.5, 0.6) is 5.75 Å². The third kappa shape index (κ3) is 6.64. The average molecular weight is 569 g/mol. The molecule has 4 aromatic carbocycles. The molecule has 8 heteroatoms. The number of rotatable bonds is 8. The topological polar surface area (TPSA) is 73.9 Å². The number of nitrogens with zero attached hydrogens (tertiary/aromatic N) is 2. The van der Waals surface area contributed by atoms with E-state index in [9.17, 15) is 9.59 Å². The number of halogens is 1. The molecular weight excluding hydrogens is 536 g/mol. The number of hydrogen-bond acceptors (Lipinski definition) is 5. The third-order valence-electron chi connectivity index (χ3n) is 7.30. The molecule has 0 saturated carbocycles. The van der Waals surface area contributed by atoms with Crippen LogP contribution in [0.1, 0.15) is 39.2 Å². The molecule has 4 aromatic rings. The predicted molar refractivity (Wildman–Crippen MR) is 166 cm³/mol. The zero-order chi connectivity index (χ0) is 28.8. The fourth-order valence-corrected chi connectivity index (χ4v) is 5.18. The van der Waals surface area contributed by atoms with E-state index in [-0.39, 0.29) is 17.9 Å². The van der Waals surface area contributed by atoms with Crippen molar-refractivity contribution >= 4 is 40.5 Å². The van der Waals surface area contributed by atoms with Gasteiger partial charge in [0.05, 0.1) is 24.4 Å². The molecule has 0 bridgehead atoms. The van der Waals surface area contributed by atoms with Gasteiger partial charge in [-0.05, 0) is 67.1 Å². The van der Waals surface area contributed by atoms with Crippen LogP contribution >= 0.6 is 11.6 Å². The van der Waals surface area contributed by atoms with Gasteiger partial charge in [-0.2, -0.15) is 0 Å². The highest BCUT2D eigenvalue weighted by atomic mass is 35.5. The summed E-state index contributed by atoms with van der Waals surface area (Å²) in [6, 6.07) is 29.9. The van der Waals surface area contributed by atoms with Gasteiger partial charge < -0.3 is 25.2 Å². The van der Waals surface area contributed by atoms with Gasteiger partial charge in [-0.1, -0.05) is 54.1 Å². The van der Waals surface area contributed by atoms with Crippen LogP contribution in [0.25, 0.3) is 0 Å². The summed E-state index contributed by atoms with van der Waals surface area (Å²) in [5.41, 5.74) is 4.43. The number of methoxy groups -OCH3 is 1. The molecule has 41 heavy (non-hydrogen) atoms. The van der Waals surface area contributed by atoms with Crippen LogP contribution < -0.4 is 25.2 Å². The van der Waals surface area contributed by atoms with Crippen molar-refractivity contribution < 1.29 is 14.3 Å². The first-order valence-corrected chi connectivity index (χ1v) is 14.0. The Hall–Kier alpha value is -4.49. The smallest absolute Gasteiger partial charge is 0.255 e. The van der Waals surface area contributed by atoms with Gasteiger partial charge in [0.25, 0.3) is 11.8 Å². The Labute approximate surface area is 245 Å². The van der Waals surface area contributed by atoms with E-state index in [0.717, 1.165) is 48.9 Å². The Morgan fingerprint density at radius 2 is 1.41 bits per heavy atom. The molecule has 2 N–H and O–H groups in total. The van der Waals surface area contributed by atoms with Crippen molar-refractivity contribution in [2.24, 2.45) is 0 Å². The lowest BCUT2D eigenvalue weighted by Crippen LogP contribution is -2.47. The highest BCUT2D eigenvalue weighted by molar-refractivity contribution is 6.30. The molecule has 0 radical (unpaired) electrons. The molecule has 1 atom stereocenters. The van der Waals surface area contributed by atoms with Gasteiger partial charge >= 0.3 is 0 Å². The summed E-state index contributed by atoms with van der Waals surface area (Å²) in [4.78, 5) is 31.1. The maximum absolute atomic E-state index is 13.7. The van der Waals surface area contributed by atoms with E-state index in [4.69, 9.17) is 16.3 Å². The van der Waals surface area contributed by atoms with E-state index in [2.05, 4.69) is 26.5 Å². The van der Waals surface area contributed by atoms with E-state index < -0.39 is 0 Å². The number of ether oxygens (including phenoxy) is 1. The molecule has 0 aliphatic carbocycles. The number of anilines is 3. The van der Waals surface area contributed by atoms with Crippen molar-refractivity contribution in [3.63, 3.8) is 0 Å². The van der Waals surface area contributed by atoms with Gasteiger partial charge in [0, 0.05) is 48.1 Å². The Morgan fingerprint density at radius 1 is 0.780 bits per heavy atom. The molecule has 1 aliphatic rings. The highest BCUT2D eigenvalue weighted by Gasteiger charge is 2.24. The number of carbonyl (C=O) groups is 2. The Kier molecular flexibility index (Phi) is 8.75. The standard InChI is InChI=1S/C33H33ClN4O3/c1-23(24-8-4-3-5-9-24)35-33(40)28-22-27(36-32(39)25-12-14-26(34)15-13-25)16-17-29(28)37-18-20-38(21-19-37)30-10-6-7-11-31(30)41-2/h3-17,22-23H,18-21H2,1-2H3,(H,35,40)(H,36,39). The van der Waals surface area contributed by atoms with E-state index in [1.165, 1.54) is 0 Å². The first kappa shape index (κ1) is 28.1. The van der Waals surface area contributed by atoms with Crippen molar-refractivity contribution in [3.8, 4) is 5.75 Å². The first-order chi connectivity index (χ1) is 19.9. The van der Waals surface area contributed by atoms with Crippen LogP contribution in [-0.2, 0) is 0 Å². The summed E-state index contributed by atoms with van der Waals surface area (Å²) in [5.74, 6) is 0.367. The molecule has 2 amide bonds.